The van der Waals surface area contributed by atoms with E-state index in [1.807, 2.05) is 30.3 Å². The molecule has 1 aliphatic rings. The summed E-state index contributed by atoms with van der Waals surface area (Å²) in [4.78, 5) is 11.8. The van der Waals surface area contributed by atoms with E-state index in [1.54, 1.807) is 0 Å². The third-order valence-corrected chi connectivity index (χ3v) is 3.47. The van der Waals surface area contributed by atoms with Crippen molar-refractivity contribution in [2.24, 2.45) is 5.92 Å². The maximum absolute atomic E-state index is 11.8. The Hall–Kier alpha value is -1.15. The number of hydrogen-bond donors (Lipinski definition) is 1. The quantitative estimate of drug-likeness (QED) is 0.844. The topological polar surface area (TPSA) is 29.1 Å². The van der Waals surface area contributed by atoms with Crippen LogP contribution in [0.4, 0.5) is 0 Å². The van der Waals surface area contributed by atoms with Crippen LogP contribution >= 0.6 is 0 Å². The van der Waals surface area contributed by atoms with Crippen molar-refractivity contribution in [1.82, 2.24) is 5.32 Å². The molecule has 1 fully saturated rings. The normalized spacial score (nSPS) is 20.1. The summed E-state index contributed by atoms with van der Waals surface area (Å²) in [5.74, 6) is 1.09. The minimum absolute atomic E-state index is 0.377. The summed E-state index contributed by atoms with van der Waals surface area (Å²) >= 11 is 0. The highest BCUT2D eigenvalue weighted by atomic mass is 16.1. The molecular weight excluding hydrogens is 210 g/mol. The summed E-state index contributed by atoms with van der Waals surface area (Å²) in [6, 6.07) is 10.0. The van der Waals surface area contributed by atoms with Crippen molar-refractivity contribution in [1.29, 1.82) is 0 Å². The highest BCUT2D eigenvalue weighted by molar-refractivity contribution is 5.80. The number of ketones is 1. The average Bonchev–Trinajstić information content (AvgIpc) is 2.39. The fraction of sp³-hybridized carbons (Fsp3) is 0.533. The van der Waals surface area contributed by atoms with Gasteiger partial charge in [0.1, 0.15) is 5.78 Å². The van der Waals surface area contributed by atoms with Gasteiger partial charge in [-0.05, 0) is 43.8 Å². The van der Waals surface area contributed by atoms with E-state index in [0.717, 1.165) is 31.5 Å². The molecule has 0 amide bonds. The third kappa shape index (κ3) is 4.31. The average molecular weight is 231 g/mol. The summed E-state index contributed by atoms with van der Waals surface area (Å²) in [7, 11) is 0. The molecule has 2 nitrogen and oxygen atoms in total. The first-order valence-corrected chi connectivity index (χ1v) is 6.61. The van der Waals surface area contributed by atoms with Crippen LogP contribution in [0.15, 0.2) is 30.3 Å². The second-order valence-electron chi connectivity index (χ2n) is 4.95. The Balaban J connectivity index is 1.70. The summed E-state index contributed by atoms with van der Waals surface area (Å²) in [5, 5.41) is 3.40. The number of piperidine rings is 1. The molecule has 1 heterocycles. The molecule has 2 rings (SSSR count). The Morgan fingerprint density at radius 2 is 2.12 bits per heavy atom. The van der Waals surface area contributed by atoms with Gasteiger partial charge in [0.25, 0.3) is 0 Å². The molecular formula is C15H21NO. The minimum Gasteiger partial charge on any atom is -0.316 e. The van der Waals surface area contributed by atoms with Crippen molar-refractivity contribution in [3.05, 3.63) is 35.9 Å². The van der Waals surface area contributed by atoms with E-state index in [9.17, 15) is 4.79 Å². The van der Waals surface area contributed by atoms with Gasteiger partial charge < -0.3 is 5.32 Å². The van der Waals surface area contributed by atoms with E-state index in [0.29, 0.717) is 18.1 Å². The Kier molecular flexibility index (Phi) is 4.75. The minimum atomic E-state index is 0.377. The number of benzene rings is 1. The molecule has 0 spiro atoms. The lowest BCUT2D eigenvalue weighted by molar-refractivity contribution is -0.118. The molecule has 0 saturated carbocycles. The van der Waals surface area contributed by atoms with Crippen LogP contribution in [-0.2, 0) is 11.2 Å². The first kappa shape index (κ1) is 12.3. The van der Waals surface area contributed by atoms with E-state index in [4.69, 9.17) is 0 Å². The SMILES string of the molecule is O=C(CCC1CCCNC1)Cc1ccccc1. The Morgan fingerprint density at radius 3 is 2.82 bits per heavy atom. The lowest BCUT2D eigenvalue weighted by Crippen LogP contribution is -2.30. The molecule has 1 aromatic rings. The zero-order chi connectivity index (χ0) is 11.9. The number of Topliss-reactive ketones (excluding diaryl/α,β-unsaturated/α-hetero) is 1. The molecule has 0 aliphatic carbocycles. The van der Waals surface area contributed by atoms with Crippen molar-refractivity contribution in [2.75, 3.05) is 13.1 Å². The van der Waals surface area contributed by atoms with Crippen molar-refractivity contribution < 1.29 is 4.79 Å². The Labute approximate surface area is 103 Å². The molecule has 92 valence electrons. The monoisotopic (exact) mass is 231 g/mol. The first-order chi connectivity index (χ1) is 8.34. The number of carbonyl (C=O) groups is 1. The standard InChI is InChI=1S/C15H21NO/c17-15(11-13-5-2-1-3-6-13)9-8-14-7-4-10-16-12-14/h1-3,5-6,14,16H,4,7-12H2. The van der Waals surface area contributed by atoms with Crippen molar-refractivity contribution >= 4 is 5.78 Å². The second-order valence-corrected chi connectivity index (χ2v) is 4.95. The molecule has 0 radical (unpaired) electrons. The van der Waals surface area contributed by atoms with Gasteiger partial charge in [0, 0.05) is 12.8 Å². The van der Waals surface area contributed by atoms with Crippen LogP contribution < -0.4 is 5.32 Å². The van der Waals surface area contributed by atoms with Gasteiger partial charge in [-0.3, -0.25) is 4.79 Å². The van der Waals surface area contributed by atoms with Gasteiger partial charge in [0.05, 0.1) is 0 Å². The summed E-state index contributed by atoms with van der Waals surface area (Å²) in [5.41, 5.74) is 1.14. The number of rotatable bonds is 5. The maximum Gasteiger partial charge on any atom is 0.137 e. The van der Waals surface area contributed by atoms with Gasteiger partial charge >= 0.3 is 0 Å². The predicted molar refractivity (Wildman–Crippen MR) is 70.0 cm³/mol. The van der Waals surface area contributed by atoms with Crippen LogP contribution in [0.3, 0.4) is 0 Å². The second kappa shape index (κ2) is 6.55. The molecule has 1 aliphatic heterocycles. The molecule has 2 heteroatoms. The molecule has 1 N–H and O–H groups in total. The van der Waals surface area contributed by atoms with Gasteiger partial charge in [-0.15, -0.1) is 0 Å². The van der Waals surface area contributed by atoms with Crippen LogP contribution in [0.1, 0.15) is 31.2 Å². The van der Waals surface area contributed by atoms with Gasteiger partial charge in [0.15, 0.2) is 0 Å². The molecule has 1 saturated heterocycles. The first-order valence-electron chi connectivity index (χ1n) is 6.61. The van der Waals surface area contributed by atoms with Crippen LogP contribution in [-0.4, -0.2) is 18.9 Å². The third-order valence-electron chi connectivity index (χ3n) is 3.47. The molecule has 0 bridgehead atoms. The van der Waals surface area contributed by atoms with Crippen LogP contribution in [0.5, 0.6) is 0 Å². The molecule has 1 unspecified atom stereocenters. The highest BCUT2D eigenvalue weighted by Gasteiger charge is 2.14. The zero-order valence-corrected chi connectivity index (χ0v) is 10.3. The van der Waals surface area contributed by atoms with E-state index in [1.165, 1.54) is 12.8 Å². The smallest absolute Gasteiger partial charge is 0.137 e. The van der Waals surface area contributed by atoms with Crippen molar-refractivity contribution in [3.63, 3.8) is 0 Å². The van der Waals surface area contributed by atoms with Crippen molar-refractivity contribution in [3.8, 4) is 0 Å². The van der Waals surface area contributed by atoms with Gasteiger partial charge in [-0.25, -0.2) is 0 Å². The number of nitrogens with one attached hydrogen (secondary N) is 1. The van der Waals surface area contributed by atoms with Crippen LogP contribution in [0, 0.1) is 5.92 Å². The highest BCUT2D eigenvalue weighted by Crippen LogP contribution is 2.16. The van der Waals surface area contributed by atoms with E-state index in [-0.39, 0.29) is 0 Å². The van der Waals surface area contributed by atoms with Gasteiger partial charge in [-0.1, -0.05) is 30.3 Å². The van der Waals surface area contributed by atoms with E-state index < -0.39 is 0 Å². The zero-order valence-electron chi connectivity index (χ0n) is 10.3. The lowest BCUT2D eigenvalue weighted by atomic mass is 9.92. The van der Waals surface area contributed by atoms with Gasteiger partial charge in [0.2, 0.25) is 0 Å². The molecule has 1 aromatic carbocycles. The maximum atomic E-state index is 11.8. The fourth-order valence-electron chi connectivity index (χ4n) is 2.45. The number of hydrogen-bond acceptors (Lipinski definition) is 2. The van der Waals surface area contributed by atoms with Crippen molar-refractivity contribution in [2.45, 2.75) is 32.1 Å². The summed E-state index contributed by atoms with van der Waals surface area (Å²) in [6.45, 7) is 2.24. The molecule has 0 aromatic heterocycles. The van der Waals surface area contributed by atoms with E-state index in [2.05, 4.69) is 5.32 Å². The summed E-state index contributed by atoms with van der Waals surface area (Å²) in [6.07, 6.45) is 4.93. The molecule has 1 atom stereocenters. The largest absolute Gasteiger partial charge is 0.316 e. The Bertz CT molecular complexity index is 341. The van der Waals surface area contributed by atoms with E-state index >= 15 is 0 Å². The fourth-order valence-corrected chi connectivity index (χ4v) is 2.45. The van der Waals surface area contributed by atoms with Crippen LogP contribution in [0.25, 0.3) is 0 Å². The number of carbonyl (C=O) groups excluding carboxylic acids is 1. The van der Waals surface area contributed by atoms with Crippen LogP contribution in [0.2, 0.25) is 0 Å². The van der Waals surface area contributed by atoms with Gasteiger partial charge in [-0.2, -0.15) is 0 Å². The summed E-state index contributed by atoms with van der Waals surface area (Å²) < 4.78 is 0. The Morgan fingerprint density at radius 1 is 1.29 bits per heavy atom. The lowest BCUT2D eigenvalue weighted by Gasteiger charge is -2.22. The predicted octanol–water partition coefficient (Wildman–Crippen LogP) is 2.58. The molecule has 17 heavy (non-hydrogen) atoms.